The third-order valence-corrected chi connectivity index (χ3v) is 2.50. The van der Waals surface area contributed by atoms with E-state index in [-0.39, 0.29) is 6.04 Å². The van der Waals surface area contributed by atoms with Crippen molar-refractivity contribution in [3.8, 4) is 0 Å². The molecule has 0 aliphatic carbocycles. The Morgan fingerprint density at radius 1 is 1.50 bits per heavy atom. The van der Waals surface area contributed by atoms with Gasteiger partial charge >= 0.3 is 0 Å². The summed E-state index contributed by atoms with van der Waals surface area (Å²) < 4.78 is 7.80. The summed E-state index contributed by atoms with van der Waals surface area (Å²) in [6.45, 7) is 0. The fraction of sp³-hybridized carbons (Fsp3) is 0.222. The van der Waals surface area contributed by atoms with E-state index in [1.807, 2.05) is 25.2 Å². The summed E-state index contributed by atoms with van der Waals surface area (Å²) in [6, 6.07) is 5.28. The molecule has 0 amide bonds. The van der Waals surface area contributed by atoms with Gasteiger partial charge in [-0.3, -0.25) is 4.68 Å². The molecule has 0 aliphatic heterocycles. The number of rotatable bonds is 2. The molecule has 4 nitrogen and oxygen atoms in total. The Labute approximate surface area is 89.8 Å². The predicted octanol–water partition coefficient (Wildman–Crippen LogP) is 1.82. The molecule has 0 aromatic carbocycles. The normalized spacial score (nSPS) is 13.1. The zero-order valence-corrected chi connectivity index (χ0v) is 9.23. The molecule has 0 aliphatic rings. The first-order chi connectivity index (χ1) is 6.68. The van der Waals surface area contributed by atoms with Gasteiger partial charge in [-0.2, -0.15) is 5.10 Å². The van der Waals surface area contributed by atoms with Gasteiger partial charge in [-0.15, -0.1) is 0 Å². The maximum Gasteiger partial charge on any atom is 0.169 e. The minimum Gasteiger partial charge on any atom is -0.452 e. The number of nitrogens with two attached hydrogens (primary N) is 1. The number of aryl methyl sites for hydroxylation is 1. The van der Waals surface area contributed by atoms with Gasteiger partial charge in [0.1, 0.15) is 11.8 Å². The van der Waals surface area contributed by atoms with Crippen LogP contribution in [0.5, 0.6) is 0 Å². The van der Waals surface area contributed by atoms with E-state index < -0.39 is 0 Å². The fourth-order valence-corrected chi connectivity index (χ4v) is 1.65. The van der Waals surface area contributed by atoms with E-state index in [0.29, 0.717) is 4.67 Å². The highest BCUT2D eigenvalue weighted by Gasteiger charge is 2.15. The minimum absolute atomic E-state index is 0.270. The van der Waals surface area contributed by atoms with Crippen LogP contribution >= 0.6 is 15.9 Å². The summed E-state index contributed by atoms with van der Waals surface area (Å²) in [5, 5.41) is 4.05. The fourth-order valence-electron chi connectivity index (χ4n) is 1.33. The summed E-state index contributed by atoms with van der Waals surface area (Å²) in [6.07, 6.45) is 1.72. The van der Waals surface area contributed by atoms with Gasteiger partial charge in [0.05, 0.1) is 5.69 Å². The van der Waals surface area contributed by atoms with Gasteiger partial charge in [0.2, 0.25) is 0 Å². The monoisotopic (exact) mass is 255 g/mol. The zero-order valence-electron chi connectivity index (χ0n) is 7.64. The van der Waals surface area contributed by atoms with Crippen LogP contribution in [0.15, 0.2) is 33.5 Å². The second-order valence-corrected chi connectivity index (χ2v) is 3.78. The number of aromatic nitrogens is 2. The van der Waals surface area contributed by atoms with Crippen molar-refractivity contribution in [3.63, 3.8) is 0 Å². The number of furan rings is 1. The van der Waals surface area contributed by atoms with Crippen LogP contribution in [0.2, 0.25) is 0 Å². The molecule has 2 rings (SSSR count). The van der Waals surface area contributed by atoms with Gasteiger partial charge < -0.3 is 10.2 Å². The average molecular weight is 256 g/mol. The van der Waals surface area contributed by atoms with E-state index >= 15 is 0 Å². The maximum atomic E-state index is 6.00. The van der Waals surface area contributed by atoms with Gasteiger partial charge in [-0.25, -0.2) is 0 Å². The van der Waals surface area contributed by atoms with Gasteiger partial charge in [-0.1, -0.05) is 0 Å². The first-order valence-corrected chi connectivity index (χ1v) is 4.96. The lowest BCUT2D eigenvalue weighted by Crippen LogP contribution is -2.15. The van der Waals surface area contributed by atoms with Crippen molar-refractivity contribution in [1.29, 1.82) is 0 Å². The third-order valence-electron chi connectivity index (χ3n) is 2.08. The van der Waals surface area contributed by atoms with Crippen LogP contribution in [0.25, 0.3) is 0 Å². The van der Waals surface area contributed by atoms with Gasteiger partial charge in [0, 0.05) is 13.2 Å². The van der Waals surface area contributed by atoms with Crippen LogP contribution in [0.1, 0.15) is 17.5 Å². The van der Waals surface area contributed by atoms with Crippen LogP contribution in [0.4, 0.5) is 0 Å². The van der Waals surface area contributed by atoms with Crippen molar-refractivity contribution in [2.45, 2.75) is 6.04 Å². The Kier molecular flexibility index (Phi) is 2.43. The SMILES string of the molecule is Cn1nccc1C(N)c1ccc(Br)o1. The first kappa shape index (κ1) is 9.48. The lowest BCUT2D eigenvalue weighted by Gasteiger charge is -2.08. The molecule has 2 aromatic heterocycles. The molecular weight excluding hydrogens is 246 g/mol. The first-order valence-electron chi connectivity index (χ1n) is 4.17. The molecule has 74 valence electrons. The van der Waals surface area contributed by atoms with Crippen molar-refractivity contribution < 1.29 is 4.42 Å². The Balaban J connectivity index is 2.33. The predicted molar refractivity (Wildman–Crippen MR) is 55.6 cm³/mol. The number of hydrogen-bond acceptors (Lipinski definition) is 3. The molecule has 0 bridgehead atoms. The quantitative estimate of drug-likeness (QED) is 0.891. The van der Waals surface area contributed by atoms with Crippen molar-refractivity contribution in [1.82, 2.24) is 9.78 Å². The smallest absolute Gasteiger partial charge is 0.169 e. The van der Waals surface area contributed by atoms with E-state index in [4.69, 9.17) is 10.2 Å². The molecule has 14 heavy (non-hydrogen) atoms. The summed E-state index contributed by atoms with van der Waals surface area (Å²) in [5.41, 5.74) is 6.92. The van der Waals surface area contributed by atoms with Crippen molar-refractivity contribution in [3.05, 3.63) is 40.5 Å². The Morgan fingerprint density at radius 3 is 2.79 bits per heavy atom. The van der Waals surface area contributed by atoms with E-state index in [2.05, 4.69) is 21.0 Å². The summed E-state index contributed by atoms with van der Waals surface area (Å²) in [5.74, 6) is 0.723. The molecule has 2 aromatic rings. The highest BCUT2D eigenvalue weighted by Crippen LogP contribution is 2.23. The summed E-state index contributed by atoms with van der Waals surface area (Å²) in [4.78, 5) is 0. The molecule has 0 fully saturated rings. The molecule has 0 radical (unpaired) electrons. The van der Waals surface area contributed by atoms with Crippen LogP contribution in [0, 0.1) is 0 Å². The maximum absolute atomic E-state index is 6.00. The second kappa shape index (κ2) is 3.59. The Morgan fingerprint density at radius 2 is 2.29 bits per heavy atom. The third kappa shape index (κ3) is 1.60. The largest absolute Gasteiger partial charge is 0.452 e. The molecule has 2 heterocycles. The summed E-state index contributed by atoms with van der Waals surface area (Å²) >= 11 is 3.24. The molecule has 1 atom stereocenters. The van der Waals surface area contributed by atoms with Gasteiger partial charge in [-0.05, 0) is 34.1 Å². The van der Waals surface area contributed by atoms with Crippen LogP contribution < -0.4 is 5.73 Å². The van der Waals surface area contributed by atoms with Crippen molar-refractivity contribution in [2.75, 3.05) is 0 Å². The molecule has 0 saturated heterocycles. The number of hydrogen-bond donors (Lipinski definition) is 1. The van der Waals surface area contributed by atoms with Gasteiger partial charge in [0.25, 0.3) is 0 Å². The Bertz CT molecular complexity index is 435. The standard InChI is InChI=1S/C9H10BrN3O/c1-13-6(4-5-12-13)9(11)7-2-3-8(10)14-7/h2-5,9H,11H2,1H3. The zero-order chi connectivity index (χ0) is 10.1. The van der Waals surface area contributed by atoms with E-state index in [0.717, 1.165) is 11.5 Å². The average Bonchev–Trinajstić information content (AvgIpc) is 2.73. The molecule has 0 spiro atoms. The van der Waals surface area contributed by atoms with E-state index in [1.54, 1.807) is 10.9 Å². The highest BCUT2D eigenvalue weighted by molar-refractivity contribution is 9.10. The Hall–Kier alpha value is -1.07. The topological polar surface area (TPSA) is 57.0 Å². The molecule has 0 saturated carbocycles. The lowest BCUT2D eigenvalue weighted by atomic mass is 10.2. The highest BCUT2D eigenvalue weighted by atomic mass is 79.9. The molecule has 2 N–H and O–H groups in total. The molecule has 5 heteroatoms. The lowest BCUT2D eigenvalue weighted by molar-refractivity contribution is 0.461. The van der Waals surface area contributed by atoms with E-state index in [1.165, 1.54) is 0 Å². The van der Waals surface area contributed by atoms with Crippen molar-refractivity contribution in [2.24, 2.45) is 12.8 Å². The van der Waals surface area contributed by atoms with E-state index in [9.17, 15) is 0 Å². The van der Waals surface area contributed by atoms with Crippen molar-refractivity contribution >= 4 is 15.9 Å². The van der Waals surface area contributed by atoms with Gasteiger partial charge in [0.15, 0.2) is 4.67 Å². The van der Waals surface area contributed by atoms with Crippen LogP contribution in [-0.2, 0) is 7.05 Å². The van der Waals surface area contributed by atoms with Crippen LogP contribution in [0.3, 0.4) is 0 Å². The minimum atomic E-state index is -0.270. The number of halogens is 1. The summed E-state index contributed by atoms with van der Waals surface area (Å²) in [7, 11) is 1.85. The molecular formula is C9H10BrN3O. The molecule has 1 unspecified atom stereocenters. The van der Waals surface area contributed by atoms with Crippen LogP contribution in [-0.4, -0.2) is 9.78 Å². The number of nitrogens with zero attached hydrogens (tertiary/aromatic N) is 2. The second-order valence-electron chi connectivity index (χ2n) is 3.00.